The number of fused-ring (bicyclic) bond motifs is 1. The molecule has 5 rings (SSSR count). The molecular weight excluding hydrogens is 444 g/mol. The average Bonchev–Trinajstić information content (AvgIpc) is 3.51. The van der Waals surface area contributed by atoms with Gasteiger partial charge in [-0.1, -0.05) is 29.8 Å². The van der Waals surface area contributed by atoms with Gasteiger partial charge < -0.3 is 14.4 Å². The highest BCUT2D eigenvalue weighted by Crippen LogP contribution is 2.33. The second-order valence-corrected chi connectivity index (χ2v) is 8.77. The summed E-state index contributed by atoms with van der Waals surface area (Å²) < 4.78 is 12.5. The number of piperazine rings is 1. The molecule has 2 aliphatic rings. The summed E-state index contributed by atoms with van der Waals surface area (Å²) >= 11 is 6.06. The highest BCUT2D eigenvalue weighted by Gasteiger charge is 2.25. The van der Waals surface area contributed by atoms with Gasteiger partial charge in [-0.25, -0.2) is 4.68 Å². The van der Waals surface area contributed by atoms with Crippen molar-refractivity contribution < 1.29 is 14.3 Å². The number of ether oxygens (including phenoxy) is 2. The van der Waals surface area contributed by atoms with Crippen molar-refractivity contribution in [3.05, 3.63) is 64.9 Å². The Morgan fingerprint density at radius 3 is 2.58 bits per heavy atom. The maximum Gasteiger partial charge on any atom is 0.231 e. The fraction of sp³-hybridized carbons (Fsp3) is 0.391. The zero-order chi connectivity index (χ0) is 22.6. The standard InChI is InChI=1S/C23H25ClN6O3/c24-20-4-2-18(3-5-20)19(14-30-15-25-26-27-30)12-23(31)29-9-7-28(8-10-29)13-17-1-6-21-22(11-17)33-16-32-21/h1-6,11,15,19H,7-10,12-14,16H2/t19-/m0/s1. The fourth-order valence-corrected chi connectivity index (χ4v) is 4.43. The van der Waals surface area contributed by atoms with E-state index in [1.807, 2.05) is 41.3 Å². The first kappa shape index (κ1) is 21.7. The summed E-state index contributed by atoms with van der Waals surface area (Å²) in [7, 11) is 0. The lowest BCUT2D eigenvalue weighted by Gasteiger charge is -2.35. The summed E-state index contributed by atoms with van der Waals surface area (Å²) in [4.78, 5) is 17.5. The van der Waals surface area contributed by atoms with E-state index in [-0.39, 0.29) is 18.6 Å². The lowest BCUT2D eigenvalue weighted by atomic mass is 9.95. The van der Waals surface area contributed by atoms with Gasteiger partial charge in [0, 0.05) is 50.1 Å². The van der Waals surface area contributed by atoms with Gasteiger partial charge in [-0.3, -0.25) is 9.69 Å². The molecule has 0 aliphatic carbocycles. The summed E-state index contributed by atoms with van der Waals surface area (Å²) in [6, 6.07) is 13.7. The molecule has 1 aromatic heterocycles. The van der Waals surface area contributed by atoms with Crippen molar-refractivity contribution in [2.24, 2.45) is 0 Å². The first-order chi connectivity index (χ1) is 16.1. The van der Waals surface area contributed by atoms with Crippen LogP contribution in [0.25, 0.3) is 0 Å². The summed E-state index contributed by atoms with van der Waals surface area (Å²) in [5, 5.41) is 12.1. The Labute approximate surface area is 196 Å². The second kappa shape index (κ2) is 9.76. The quantitative estimate of drug-likeness (QED) is 0.526. The minimum atomic E-state index is -0.0371. The Balaban J connectivity index is 1.18. The topological polar surface area (TPSA) is 85.6 Å². The van der Waals surface area contributed by atoms with Crippen LogP contribution in [0.1, 0.15) is 23.5 Å². The average molecular weight is 469 g/mol. The van der Waals surface area contributed by atoms with E-state index in [2.05, 4.69) is 26.5 Å². The highest BCUT2D eigenvalue weighted by molar-refractivity contribution is 6.30. The molecule has 0 N–H and O–H groups in total. The Hall–Kier alpha value is -3.17. The third kappa shape index (κ3) is 5.26. The fourth-order valence-electron chi connectivity index (χ4n) is 4.31. The lowest BCUT2D eigenvalue weighted by Crippen LogP contribution is -2.48. The number of aromatic nitrogens is 4. The monoisotopic (exact) mass is 468 g/mol. The molecule has 3 heterocycles. The van der Waals surface area contributed by atoms with Gasteiger partial charge in [-0.2, -0.15) is 0 Å². The molecule has 3 aromatic rings. The van der Waals surface area contributed by atoms with Crippen LogP contribution in [0.3, 0.4) is 0 Å². The van der Waals surface area contributed by atoms with Crippen LogP contribution in [0.2, 0.25) is 5.02 Å². The van der Waals surface area contributed by atoms with E-state index in [4.69, 9.17) is 21.1 Å². The molecule has 1 atom stereocenters. The predicted molar refractivity (Wildman–Crippen MR) is 121 cm³/mol. The van der Waals surface area contributed by atoms with Gasteiger partial charge in [-0.05, 0) is 45.8 Å². The number of nitrogens with zero attached hydrogens (tertiary/aromatic N) is 6. The van der Waals surface area contributed by atoms with Crippen molar-refractivity contribution in [3.8, 4) is 11.5 Å². The molecule has 0 saturated carbocycles. The molecule has 2 aromatic carbocycles. The number of halogens is 1. The van der Waals surface area contributed by atoms with E-state index in [0.29, 0.717) is 31.1 Å². The second-order valence-electron chi connectivity index (χ2n) is 8.33. The van der Waals surface area contributed by atoms with E-state index < -0.39 is 0 Å². The van der Waals surface area contributed by atoms with Crippen LogP contribution in [-0.2, 0) is 17.9 Å². The SMILES string of the molecule is O=C(C[C@@H](Cn1cnnn1)c1ccc(Cl)cc1)N1CCN(Cc2ccc3c(c2)OCO3)CC1. The molecular formula is C23H25ClN6O3. The smallest absolute Gasteiger partial charge is 0.231 e. The van der Waals surface area contributed by atoms with Crippen LogP contribution < -0.4 is 9.47 Å². The van der Waals surface area contributed by atoms with Crippen molar-refractivity contribution in [1.29, 1.82) is 0 Å². The number of tetrazole rings is 1. The number of rotatable bonds is 7. The van der Waals surface area contributed by atoms with Crippen LogP contribution in [0, 0.1) is 0 Å². The zero-order valence-corrected chi connectivity index (χ0v) is 18.9. The van der Waals surface area contributed by atoms with Crippen molar-refractivity contribution >= 4 is 17.5 Å². The van der Waals surface area contributed by atoms with Crippen LogP contribution in [0.15, 0.2) is 48.8 Å². The molecule has 33 heavy (non-hydrogen) atoms. The Morgan fingerprint density at radius 1 is 1.03 bits per heavy atom. The van der Waals surface area contributed by atoms with Crippen LogP contribution in [0.4, 0.5) is 0 Å². The highest BCUT2D eigenvalue weighted by atomic mass is 35.5. The van der Waals surface area contributed by atoms with E-state index >= 15 is 0 Å². The number of hydrogen-bond acceptors (Lipinski definition) is 7. The van der Waals surface area contributed by atoms with E-state index in [0.717, 1.165) is 36.7 Å². The number of carbonyl (C=O) groups is 1. The predicted octanol–water partition coefficient (Wildman–Crippen LogP) is 2.57. The molecule has 0 bridgehead atoms. The number of amides is 1. The van der Waals surface area contributed by atoms with E-state index in [1.54, 1.807) is 11.0 Å². The van der Waals surface area contributed by atoms with Crippen LogP contribution in [0.5, 0.6) is 11.5 Å². The number of hydrogen-bond donors (Lipinski definition) is 0. The maximum absolute atomic E-state index is 13.2. The molecule has 0 unspecified atom stereocenters. The van der Waals surface area contributed by atoms with Crippen molar-refractivity contribution in [3.63, 3.8) is 0 Å². The number of carbonyl (C=O) groups excluding carboxylic acids is 1. The Bertz CT molecular complexity index is 1080. The molecule has 10 heteroatoms. The molecule has 172 valence electrons. The zero-order valence-electron chi connectivity index (χ0n) is 18.1. The van der Waals surface area contributed by atoms with Crippen LogP contribution >= 0.6 is 11.6 Å². The summed E-state index contributed by atoms with van der Waals surface area (Å²) in [6.07, 6.45) is 1.96. The first-order valence-electron chi connectivity index (χ1n) is 11.0. The molecule has 9 nitrogen and oxygen atoms in total. The summed E-state index contributed by atoms with van der Waals surface area (Å²) in [6.45, 7) is 4.72. The normalized spacial score (nSPS) is 16.7. The van der Waals surface area contributed by atoms with Crippen molar-refractivity contribution in [2.75, 3.05) is 33.0 Å². The van der Waals surface area contributed by atoms with Gasteiger partial charge in [0.2, 0.25) is 12.7 Å². The maximum atomic E-state index is 13.2. The molecule has 2 aliphatic heterocycles. The van der Waals surface area contributed by atoms with E-state index in [9.17, 15) is 4.79 Å². The molecule has 0 spiro atoms. The first-order valence-corrected chi connectivity index (χ1v) is 11.4. The largest absolute Gasteiger partial charge is 0.454 e. The summed E-state index contributed by atoms with van der Waals surface area (Å²) in [5.74, 6) is 1.71. The Morgan fingerprint density at radius 2 is 1.82 bits per heavy atom. The third-order valence-corrected chi connectivity index (χ3v) is 6.38. The molecule has 0 radical (unpaired) electrons. The molecule has 1 fully saturated rings. The van der Waals surface area contributed by atoms with E-state index in [1.165, 1.54) is 5.56 Å². The van der Waals surface area contributed by atoms with Gasteiger partial charge in [-0.15, -0.1) is 5.10 Å². The van der Waals surface area contributed by atoms with Crippen molar-refractivity contribution in [1.82, 2.24) is 30.0 Å². The van der Waals surface area contributed by atoms with Crippen LogP contribution in [-0.4, -0.2) is 68.9 Å². The molecule has 1 amide bonds. The van der Waals surface area contributed by atoms with Gasteiger partial charge in [0.15, 0.2) is 11.5 Å². The minimum Gasteiger partial charge on any atom is -0.454 e. The van der Waals surface area contributed by atoms with Gasteiger partial charge >= 0.3 is 0 Å². The molecule has 1 saturated heterocycles. The Kier molecular flexibility index (Phi) is 6.41. The number of benzene rings is 2. The minimum absolute atomic E-state index is 0.0371. The van der Waals surface area contributed by atoms with Gasteiger partial charge in [0.1, 0.15) is 6.33 Å². The lowest BCUT2D eigenvalue weighted by molar-refractivity contribution is -0.133. The summed E-state index contributed by atoms with van der Waals surface area (Å²) in [5.41, 5.74) is 2.23. The van der Waals surface area contributed by atoms with Gasteiger partial charge in [0.25, 0.3) is 0 Å². The van der Waals surface area contributed by atoms with Crippen molar-refractivity contribution in [2.45, 2.75) is 25.4 Å². The van der Waals surface area contributed by atoms with Gasteiger partial charge in [0.05, 0.1) is 6.54 Å². The third-order valence-electron chi connectivity index (χ3n) is 6.13.